The summed E-state index contributed by atoms with van der Waals surface area (Å²) in [5, 5.41) is 3.30. The van der Waals surface area contributed by atoms with E-state index in [1.807, 2.05) is 51.1 Å². The van der Waals surface area contributed by atoms with Gasteiger partial charge in [-0.05, 0) is 31.4 Å². The SMILES string of the molecule is CCCOP(=O)(OCCC)C(N[C@H](C)c1ccccc1)c1ccccc1F. The summed E-state index contributed by atoms with van der Waals surface area (Å²) in [6.45, 7) is 6.39. The van der Waals surface area contributed by atoms with Gasteiger partial charge in [0.2, 0.25) is 0 Å². The molecule has 0 radical (unpaired) electrons. The number of rotatable bonds is 11. The van der Waals surface area contributed by atoms with Gasteiger partial charge in [0, 0.05) is 11.6 Å². The summed E-state index contributed by atoms with van der Waals surface area (Å²) in [7, 11) is -3.64. The largest absolute Gasteiger partial charge is 0.352 e. The van der Waals surface area contributed by atoms with Gasteiger partial charge in [-0.1, -0.05) is 62.4 Å². The van der Waals surface area contributed by atoms with Crippen molar-refractivity contribution in [2.24, 2.45) is 0 Å². The molecule has 148 valence electrons. The van der Waals surface area contributed by atoms with E-state index >= 15 is 0 Å². The highest BCUT2D eigenvalue weighted by Gasteiger charge is 2.39. The average molecular weight is 393 g/mol. The van der Waals surface area contributed by atoms with E-state index in [0.29, 0.717) is 12.8 Å². The molecule has 0 fully saturated rings. The molecule has 2 rings (SSSR count). The number of hydrogen-bond acceptors (Lipinski definition) is 4. The molecule has 4 nitrogen and oxygen atoms in total. The van der Waals surface area contributed by atoms with E-state index in [1.54, 1.807) is 18.2 Å². The fraction of sp³-hybridized carbons (Fsp3) is 0.429. The molecule has 6 heteroatoms. The second-order valence-corrected chi connectivity index (χ2v) is 8.54. The lowest BCUT2D eigenvalue weighted by atomic mass is 10.1. The molecule has 0 aliphatic heterocycles. The second-order valence-electron chi connectivity index (χ2n) is 6.43. The molecule has 0 heterocycles. The maximum atomic E-state index is 14.6. The topological polar surface area (TPSA) is 47.6 Å². The van der Waals surface area contributed by atoms with Gasteiger partial charge in [0.05, 0.1) is 13.2 Å². The molecule has 0 spiro atoms. The molecule has 0 aliphatic rings. The van der Waals surface area contributed by atoms with Crippen LogP contribution in [0.15, 0.2) is 54.6 Å². The Kier molecular flexibility index (Phi) is 8.65. The normalized spacial score (nSPS) is 14.1. The minimum Gasteiger partial charge on any atom is -0.307 e. The molecule has 0 saturated heterocycles. The van der Waals surface area contributed by atoms with E-state index in [4.69, 9.17) is 9.05 Å². The number of nitrogens with one attached hydrogen (secondary N) is 1. The van der Waals surface area contributed by atoms with Crippen LogP contribution in [0.5, 0.6) is 0 Å². The van der Waals surface area contributed by atoms with E-state index in [2.05, 4.69) is 5.32 Å². The molecule has 27 heavy (non-hydrogen) atoms. The van der Waals surface area contributed by atoms with Crippen LogP contribution < -0.4 is 5.32 Å². The maximum Gasteiger partial charge on any atom is 0.352 e. The molecule has 1 N–H and O–H groups in total. The van der Waals surface area contributed by atoms with Crippen molar-refractivity contribution >= 4 is 7.60 Å². The molecule has 0 aromatic heterocycles. The first kappa shape index (κ1) is 21.8. The van der Waals surface area contributed by atoms with Crippen LogP contribution in [0, 0.1) is 5.82 Å². The van der Waals surface area contributed by atoms with Gasteiger partial charge in [0.1, 0.15) is 11.6 Å². The van der Waals surface area contributed by atoms with Gasteiger partial charge in [-0.2, -0.15) is 0 Å². The lowest BCUT2D eigenvalue weighted by molar-refractivity contribution is 0.190. The Bertz CT molecular complexity index is 729. The quantitative estimate of drug-likeness (QED) is 0.460. The number of benzene rings is 2. The van der Waals surface area contributed by atoms with Crippen LogP contribution in [0.2, 0.25) is 0 Å². The Balaban J connectivity index is 2.41. The lowest BCUT2D eigenvalue weighted by Gasteiger charge is -2.30. The highest BCUT2D eigenvalue weighted by Crippen LogP contribution is 2.60. The molecule has 2 aromatic rings. The van der Waals surface area contributed by atoms with Crippen molar-refractivity contribution < 1.29 is 18.0 Å². The molecular weight excluding hydrogens is 364 g/mol. The van der Waals surface area contributed by atoms with E-state index < -0.39 is 19.2 Å². The first-order chi connectivity index (χ1) is 13.0. The first-order valence-corrected chi connectivity index (χ1v) is 11.1. The highest BCUT2D eigenvalue weighted by molar-refractivity contribution is 7.54. The van der Waals surface area contributed by atoms with E-state index in [1.165, 1.54) is 6.07 Å². The molecule has 0 aliphatic carbocycles. The van der Waals surface area contributed by atoms with Crippen LogP contribution in [0.3, 0.4) is 0 Å². The van der Waals surface area contributed by atoms with Gasteiger partial charge in [0.15, 0.2) is 0 Å². The number of halogens is 1. The van der Waals surface area contributed by atoms with Crippen molar-refractivity contribution in [3.8, 4) is 0 Å². The first-order valence-electron chi connectivity index (χ1n) is 9.46. The summed E-state index contributed by atoms with van der Waals surface area (Å²) in [4.78, 5) is 0. The molecule has 2 atom stereocenters. The monoisotopic (exact) mass is 393 g/mol. The van der Waals surface area contributed by atoms with Crippen molar-refractivity contribution in [2.75, 3.05) is 13.2 Å². The van der Waals surface area contributed by atoms with Crippen LogP contribution >= 0.6 is 7.60 Å². The van der Waals surface area contributed by atoms with Gasteiger partial charge in [-0.3, -0.25) is 9.88 Å². The smallest absolute Gasteiger partial charge is 0.307 e. The average Bonchev–Trinajstić information content (AvgIpc) is 2.70. The molecule has 0 saturated carbocycles. The Labute approximate surface area is 161 Å². The Morgan fingerprint density at radius 1 is 0.963 bits per heavy atom. The molecule has 1 unspecified atom stereocenters. The third-order valence-electron chi connectivity index (χ3n) is 4.17. The maximum absolute atomic E-state index is 14.6. The van der Waals surface area contributed by atoms with Crippen LogP contribution in [0.4, 0.5) is 4.39 Å². The van der Waals surface area contributed by atoms with E-state index in [-0.39, 0.29) is 24.8 Å². The predicted molar refractivity (Wildman–Crippen MR) is 107 cm³/mol. The predicted octanol–water partition coefficient (Wildman–Crippen LogP) is 6.22. The van der Waals surface area contributed by atoms with Crippen molar-refractivity contribution in [3.63, 3.8) is 0 Å². The Morgan fingerprint density at radius 3 is 2.07 bits per heavy atom. The summed E-state index contributed by atoms with van der Waals surface area (Å²) < 4.78 is 39.7. The van der Waals surface area contributed by atoms with Crippen molar-refractivity contribution in [2.45, 2.75) is 45.4 Å². The van der Waals surface area contributed by atoms with Gasteiger partial charge >= 0.3 is 7.60 Å². The second kappa shape index (κ2) is 10.7. The van der Waals surface area contributed by atoms with Crippen molar-refractivity contribution in [1.29, 1.82) is 0 Å². The molecule has 2 aromatic carbocycles. The van der Waals surface area contributed by atoms with Crippen LogP contribution in [0.25, 0.3) is 0 Å². The zero-order valence-corrected chi connectivity index (χ0v) is 17.1. The molecular formula is C21H29FNO3P. The van der Waals surface area contributed by atoms with Gasteiger partial charge in [-0.15, -0.1) is 0 Å². The van der Waals surface area contributed by atoms with Crippen molar-refractivity contribution in [3.05, 3.63) is 71.5 Å². The Hall–Kier alpha value is -1.52. The van der Waals surface area contributed by atoms with E-state index in [9.17, 15) is 8.96 Å². The lowest BCUT2D eigenvalue weighted by Crippen LogP contribution is -2.27. The standard InChI is InChI=1S/C21H29FNO3P/c1-4-15-25-27(24,26-16-5-2)21(19-13-9-10-14-20(19)22)23-17(3)18-11-7-6-8-12-18/h6-14,17,21,23H,4-5,15-16H2,1-3H3/t17-,21?/m1/s1. The van der Waals surface area contributed by atoms with Crippen LogP contribution in [-0.2, 0) is 13.6 Å². The zero-order chi connectivity index (χ0) is 19.7. The van der Waals surface area contributed by atoms with Gasteiger partial charge < -0.3 is 9.05 Å². The molecule has 0 bridgehead atoms. The van der Waals surface area contributed by atoms with Gasteiger partial charge in [0.25, 0.3) is 0 Å². The van der Waals surface area contributed by atoms with Crippen LogP contribution in [-0.4, -0.2) is 13.2 Å². The third-order valence-corrected chi connectivity index (χ3v) is 6.32. The summed E-state index contributed by atoms with van der Waals surface area (Å²) >= 11 is 0. The minimum atomic E-state index is -3.64. The van der Waals surface area contributed by atoms with Crippen molar-refractivity contribution in [1.82, 2.24) is 5.32 Å². The minimum absolute atomic E-state index is 0.167. The summed E-state index contributed by atoms with van der Waals surface area (Å²) in [6.07, 6.45) is 1.38. The fourth-order valence-electron chi connectivity index (χ4n) is 2.75. The highest BCUT2D eigenvalue weighted by atomic mass is 31.2. The Morgan fingerprint density at radius 2 is 1.52 bits per heavy atom. The zero-order valence-electron chi connectivity index (χ0n) is 16.2. The summed E-state index contributed by atoms with van der Waals surface area (Å²) in [6, 6.07) is 15.9. The van der Waals surface area contributed by atoms with Gasteiger partial charge in [-0.25, -0.2) is 4.39 Å². The molecule has 0 amide bonds. The fourth-order valence-corrected chi connectivity index (χ4v) is 4.95. The van der Waals surface area contributed by atoms with E-state index in [0.717, 1.165) is 5.56 Å². The van der Waals surface area contributed by atoms with Crippen LogP contribution in [0.1, 0.15) is 56.6 Å². The summed E-state index contributed by atoms with van der Waals surface area (Å²) in [5.41, 5.74) is 1.30. The summed E-state index contributed by atoms with van der Waals surface area (Å²) in [5.74, 6) is -1.33. The third kappa shape index (κ3) is 5.98. The number of hydrogen-bond donors (Lipinski definition) is 1.